The van der Waals surface area contributed by atoms with Crippen LogP contribution in [0.2, 0.25) is 10.2 Å². The van der Waals surface area contributed by atoms with E-state index >= 15 is 0 Å². The molecule has 0 unspecified atom stereocenters. The van der Waals surface area contributed by atoms with Gasteiger partial charge in [0.2, 0.25) is 5.89 Å². The minimum absolute atomic E-state index is 0.490. The highest BCUT2D eigenvalue weighted by Crippen LogP contribution is 2.25. The van der Waals surface area contributed by atoms with Crippen LogP contribution in [0.25, 0.3) is 11.5 Å². The molecule has 2 N–H and O–H groups in total. The van der Waals surface area contributed by atoms with Crippen LogP contribution >= 0.6 is 23.2 Å². The topological polar surface area (TPSA) is 67.4 Å². The van der Waals surface area contributed by atoms with E-state index in [9.17, 15) is 0 Å². The fraction of sp³-hybridized carbons (Fsp3) is 0.263. The molecule has 2 heterocycles. The summed E-state index contributed by atoms with van der Waals surface area (Å²) in [6, 6.07) is 9.89. The zero-order chi connectivity index (χ0) is 19.4. The molecule has 0 aliphatic carbocycles. The second-order valence-electron chi connectivity index (χ2n) is 6.12. The van der Waals surface area contributed by atoms with Gasteiger partial charge in [-0.25, -0.2) is 4.98 Å². The molecule has 3 rings (SSSR count). The average molecular weight is 406 g/mol. The highest BCUT2D eigenvalue weighted by molar-refractivity contribution is 6.41. The standard InChI is InChI=1S/C19H21Cl2N5O/c1-12-4-6-13(7-5-12)18-25-14(11-27-18)9-23-19(22-2)24-10-15-8-16(20)17(21)26(15)3/h4-8,11H,9-10H2,1-3H3,(H2,22,23,24). The van der Waals surface area contributed by atoms with E-state index in [0.717, 1.165) is 17.0 Å². The fourth-order valence-corrected chi connectivity index (χ4v) is 2.96. The highest BCUT2D eigenvalue weighted by atomic mass is 35.5. The summed E-state index contributed by atoms with van der Waals surface area (Å²) >= 11 is 12.1. The zero-order valence-electron chi connectivity index (χ0n) is 15.4. The molecule has 3 aromatic rings. The molecule has 0 spiro atoms. The molecule has 27 heavy (non-hydrogen) atoms. The van der Waals surface area contributed by atoms with E-state index in [4.69, 9.17) is 27.6 Å². The van der Waals surface area contributed by atoms with Crippen molar-refractivity contribution < 1.29 is 4.42 Å². The van der Waals surface area contributed by atoms with E-state index in [1.807, 2.05) is 48.9 Å². The average Bonchev–Trinajstić information content (AvgIpc) is 3.23. The molecule has 2 aromatic heterocycles. The van der Waals surface area contributed by atoms with Crippen molar-refractivity contribution >= 4 is 29.2 Å². The van der Waals surface area contributed by atoms with Gasteiger partial charge in [-0.3, -0.25) is 4.99 Å². The van der Waals surface area contributed by atoms with Crippen LogP contribution in [0.3, 0.4) is 0 Å². The van der Waals surface area contributed by atoms with Crippen molar-refractivity contribution in [2.24, 2.45) is 12.0 Å². The highest BCUT2D eigenvalue weighted by Gasteiger charge is 2.10. The first kappa shape index (κ1) is 19.3. The molecule has 0 saturated carbocycles. The SMILES string of the molecule is CN=C(NCc1coc(-c2ccc(C)cc2)n1)NCc1cc(Cl)c(Cl)n1C. The Labute approximate surface area is 168 Å². The Morgan fingerprint density at radius 2 is 1.89 bits per heavy atom. The maximum absolute atomic E-state index is 6.09. The van der Waals surface area contributed by atoms with E-state index in [-0.39, 0.29) is 0 Å². The smallest absolute Gasteiger partial charge is 0.226 e. The predicted octanol–water partition coefficient (Wildman–Crippen LogP) is 4.16. The summed E-state index contributed by atoms with van der Waals surface area (Å²) in [6.45, 7) is 3.07. The summed E-state index contributed by atoms with van der Waals surface area (Å²) in [6.07, 6.45) is 1.65. The number of halogens is 2. The molecule has 0 radical (unpaired) electrons. The molecular weight excluding hydrogens is 385 g/mol. The Hall–Kier alpha value is -2.44. The van der Waals surface area contributed by atoms with Crippen molar-refractivity contribution in [3.05, 3.63) is 63.7 Å². The van der Waals surface area contributed by atoms with Crippen molar-refractivity contribution in [2.45, 2.75) is 20.0 Å². The van der Waals surface area contributed by atoms with Gasteiger partial charge in [-0.1, -0.05) is 40.9 Å². The lowest BCUT2D eigenvalue weighted by molar-refractivity contribution is 0.572. The van der Waals surface area contributed by atoms with E-state index < -0.39 is 0 Å². The first-order valence-corrected chi connectivity index (χ1v) is 9.19. The molecule has 0 amide bonds. The lowest BCUT2D eigenvalue weighted by atomic mass is 10.1. The van der Waals surface area contributed by atoms with Gasteiger partial charge in [0.25, 0.3) is 0 Å². The summed E-state index contributed by atoms with van der Waals surface area (Å²) < 4.78 is 7.40. The summed E-state index contributed by atoms with van der Waals surface area (Å²) in [4.78, 5) is 8.73. The molecule has 6 nitrogen and oxygen atoms in total. The Kier molecular flexibility index (Phi) is 6.08. The molecule has 0 aliphatic heterocycles. The van der Waals surface area contributed by atoms with Crippen LogP contribution in [0.15, 0.2) is 46.0 Å². The van der Waals surface area contributed by atoms with Gasteiger partial charge < -0.3 is 19.6 Å². The lowest BCUT2D eigenvalue weighted by Crippen LogP contribution is -2.36. The van der Waals surface area contributed by atoms with Crippen molar-refractivity contribution in [1.29, 1.82) is 0 Å². The van der Waals surface area contributed by atoms with Gasteiger partial charge in [-0.05, 0) is 25.1 Å². The van der Waals surface area contributed by atoms with E-state index in [2.05, 4.69) is 20.6 Å². The largest absolute Gasteiger partial charge is 0.444 e. The minimum atomic E-state index is 0.490. The molecule has 8 heteroatoms. The molecule has 142 valence electrons. The van der Waals surface area contributed by atoms with Crippen LogP contribution in [0.1, 0.15) is 17.0 Å². The van der Waals surface area contributed by atoms with Crippen molar-refractivity contribution in [1.82, 2.24) is 20.2 Å². The maximum atomic E-state index is 6.09. The number of guanidine groups is 1. The van der Waals surface area contributed by atoms with Gasteiger partial charge in [0.05, 0.1) is 23.8 Å². The molecule has 1 aromatic carbocycles. The monoisotopic (exact) mass is 405 g/mol. The van der Waals surface area contributed by atoms with E-state index in [0.29, 0.717) is 35.1 Å². The van der Waals surface area contributed by atoms with E-state index in [1.165, 1.54) is 5.56 Å². The molecule has 0 aliphatic rings. The number of oxazole rings is 1. The van der Waals surface area contributed by atoms with Crippen LogP contribution in [0.4, 0.5) is 0 Å². The second kappa shape index (κ2) is 8.50. The van der Waals surface area contributed by atoms with Crippen LogP contribution in [0.5, 0.6) is 0 Å². The summed E-state index contributed by atoms with van der Waals surface area (Å²) in [5.41, 5.74) is 3.89. The van der Waals surface area contributed by atoms with Crippen LogP contribution in [0, 0.1) is 6.92 Å². The zero-order valence-corrected chi connectivity index (χ0v) is 16.9. The number of hydrogen-bond acceptors (Lipinski definition) is 3. The third-order valence-electron chi connectivity index (χ3n) is 4.16. The number of rotatable bonds is 5. The Balaban J connectivity index is 1.57. The van der Waals surface area contributed by atoms with E-state index in [1.54, 1.807) is 13.3 Å². The molecule has 0 atom stereocenters. The van der Waals surface area contributed by atoms with Gasteiger partial charge in [0.1, 0.15) is 11.4 Å². The third kappa shape index (κ3) is 4.64. The number of nitrogens with one attached hydrogen (secondary N) is 2. The lowest BCUT2D eigenvalue weighted by Gasteiger charge is -2.11. The van der Waals surface area contributed by atoms with Crippen LogP contribution < -0.4 is 10.6 Å². The summed E-state index contributed by atoms with van der Waals surface area (Å²) in [5, 5.41) is 7.49. The van der Waals surface area contributed by atoms with Gasteiger partial charge in [0.15, 0.2) is 5.96 Å². The molecule has 0 fully saturated rings. The predicted molar refractivity (Wildman–Crippen MR) is 109 cm³/mol. The Morgan fingerprint density at radius 3 is 2.52 bits per heavy atom. The Morgan fingerprint density at radius 1 is 1.19 bits per heavy atom. The maximum Gasteiger partial charge on any atom is 0.226 e. The summed E-state index contributed by atoms with van der Waals surface area (Å²) in [7, 11) is 3.57. The first-order valence-electron chi connectivity index (χ1n) is 8.43. The molecule has 0 saturated heterocycles. The number of nitrogens with zero attached hydrogens (tertiary/aromatic N) is 3. The number of aryl methyl sites for hydroxylation is 1. The Bertz CT molecular complexity index is 944. The van der Waals surface area contributed by atoms with Gasteiger partial charge in [-0.15, -0.1) is 0 Å². The number of hydrogen-bond donors (Lipinski definition) is 2. The number of aromatic nitrogens is 2. The quantitative estimate of drug-likeness (QED) is 0.493. The fourth-order valence-electron chi connectivity index (χ4n) is 2.54. The normalized spacial score (nSPS) is 11.7. The molecular formula is C19H21Cl2N5O. The first-order chi connectivity index (χ1) is 13.0. The third-order valence-corrected chi connectivity index (χ3v) is 5.01. The van der Waals surface area contributed by atoms with Crippen LogP contribution in [-0.4, -0.2) is 22.6 Å². The van der Waals surface area contributed by atoms with Gasteiger partial charge >= 0.3 is 0 Å². The van der Waals surface area contributed by atoms with Crippen molar-refractivity contribution in [2.75, 3.05) is 7.05 Å². The number of aliphatic imine (C=N–C) groups is 1. The molecule has 0 bridgehead atoms. The van der Waals surface area contributed by atoms with Crippen molar-refractivity contribution in [3.63, 3.8) is 0 Å². The summed E-state index contributed by atoms with van der Waals surface area (Å²) in [5.74, 6) is 1.24. The van der Waals surface area contributed by atoms with Gasteiger partial charge in [0, 0.05) is 25.4 Å². The van der Waals surface area contributed by atoms with Crippen molar-refractivity contribution in [3.8, 4) is 11.5 Å². The van der Waals surface area contributed by atoms with Crippen LogP contribution in [-0.2, 0) is 20.1 Å². The van der Waals surface area contributed by atoms with Gasteiger partial charge in [-0.2, -0.15) is 0 Å². The number of benzene rings is 1. The second-order valence-corrected chi connectivity index (χ2v) is 6.89. The minimum Gasteiger partial charge on any atom is -0.444 e.